The van der Waals surface area contributed by atoms with E-state index >= 15 is 0 Å². The van der Waals surface area contributed by atoms with Crippen LogP contribution < -0.4 is 11.1 Å². The summed E-state index contributed by atoms with van der Waals surface area (Å²) in [6.07, 6.45) is 2.23. The molecule has 3 N–H and O–H groups in total. The summed E-state index contributed by atoms with van der Waals surface area (Å²) in [6, 6.07) is 11.6. The Labute approximate surface area is 202 Å². The summed E-state index contributed by atoms with van der Waals surface area (Å²) in [5.41, 5.74) is 7.79. The summed E-state index contributed by atoms with van der Waals surface area (Å²) in [6.45, 7) is 5.75. The van der Waals surface area contributed by atoms with Crippen molar-refractivity contribution in [1.82, 2.24) is 25.0 Å². The summed E-state index contributed by atoms with van der Waals surface area (Å²) >= 11 is 0. The second kappa shape index (κ2) is 8.36. The van der Waals surface area contributed by atoms with Gasteiger partial charge in [-0.2, -0.15) is 10.4 Å². The number of benzene rings is 1. The summed E-state index contributed by atoms with van der Waals surface area (Å²) < 4.78 is 21.5. The molecule has 1 atom stereocenters. The first kappa shape index (κ1) is 22.8. The maximum atomic E-state index is 13.3. The quantitative estimate of drug-likeness (QED) is 0.600. The van der Waals surface area contributed by atoms with Gasteiger partial charge in [0.1, 0.15) is 23.3 Å². The van der Waals surface area contributed by atoms with Crippen molar-refractivity contribution < 1.29 is 13.9 Å². The topological polar surface area (TPSA) is 122 Å². The van der Waals surface area contributed by atoms with Gasteiger partial charge in [0.05, 0.1) is 42.2 Å². The number of nitriles is 1. The average Bonchev–Trinajstić information content (AvgIpc) is 3.46. The fourth-order valence-electron chi connectivity index (χ4n) is 4.77. The lowest BCUT2D eigenvalue weighted by atomic mass is 9.94. The smallest absolute Gasteiger partial charge is 0.318 e. The van der Waals surface area contributed by atoms with Crippen LogP contribution in [0.15, 0.2) is 42.6 Å². The normalized spacial score (nSPS) is 19.4. The maximum absolute atomic E-state index is 13.3. The predicted molar refractivity (Wildman–Crippen MR) is 126 cm³/mol. The number of nitrogens with zero attached hydrogens (tertiary/aromatic N) is 5. The molecule has 180 valence electrons. The number of carbonyl (C=O) groups excluding carboxylic acids is 1. The highest BCUT2D eigenvalue weighted by molar-refractivity contribution is 5.76. The number of halogens is 1. The van der Waals surface area contributed by atoms with E-state index in [-0.39, 0.29) is 17.7 Å². The minimum absolute atomic E-state index is 0.182. The average molecular weight is 476 g/mol. The van der Waals surface area contributed by atoms with E-state index in [0.29, 0.717) is 49.5 Å². The standard InChI is InChI=1S/C25H26FN7O2/c1-24(2,18-3-5-19(26)6-4-18)30-23(34)32-8-7-25(15-32)21-12-20(31-33(21)9-10-35-25)17-11-16(13-27)22(28)29-14-17/h3-6,11-12,14H,7-10,15H2,1-2H3,(H2,28,29)(H,30,34). The Bertz CT molecular complexity index is 1330. The van der Waals surface area contributed by atoms with Crippen LogP contribution in [0.4, 0.5) is 15.0 Å². The van der Waals surface area contributed by atoms with Crippen molar-refractivity contribution in [1.29, 1.82) is 5.26 Å². The van der Waals surface area contributed by atoms with Crippen LogP contribution in [-0.2, 0) is 22.4 Å². The van der Waals surface area contributed by atoms with Crippen LogP contribution in [0.1, 0.15) is 37.1 Å². The van der Waals surface area contributed by atoms with Crippen molar-refractivity contribution in [3.8, 4) is 17.3 Å². The van der Waals surface area contributed by atoms with Crippen molar-refractivity contribution in [3.05, 3.63) is 65.2 Å². The first-order valence-electron chi connectivity index (χ1n) is 11.4. The van der Waals surface area contributed by atoms with Gasteiger partial charge in [0, 0.05) is 24.7 Å². The van der Waals surface area contributed by atoms with Gasteiger partial charge in [-0.15, -0.1) is 0 Å². The third-order valence-corrected chi connectivity index (χ3v) is 6.77. The highest BCUT2D eigenvalue weighted by Crippen LogP contribution is 2.40. The van der Waals surface area contributed by atoms with Gasteiger partial charge >= 0.3 is 6.03 Å². The number of hydrogen-bond donors (Lipinski definition) is 2. The SMILES string of the molecule is CC(C)(NC(=O)N1CCC2(C1)OCCn1nc(-c3cnc(N)c(C#N)c3)cc12)c1ccc(F)cc1. The van der Waals surface area contributed by atoms with Crippen molar-refractivity contribution in [2.24, 2.45) is 0 Å². The molecule has 0 radical (unpaired) electrons. The molecule has 1 fully saturated rings. The van der Waals surface area contributed by atoms with Crippen LogP contribution in [-0.4, -0.2) is 45.4 Å². The number of pyridine rings is 1. The van der Waals surface area contributed by atoms with E-state index in [4.69, 9.17) is 15.6 Å². The molecule has 10 heteroatoms. The molecule has 2 aromatic heterocycles. The largest absolute Gasteiger partial charge is 0.383 e. The van der Waals surface area contributed by atoms with Gasteiger partial charge in [-0.3, -0.25) is 4.68 Å². The van der Waals surface area contributed by atoms with E-state index in [1.165, 1.54) is 12.1 Å². The van der Waals surface area contributed by atoms with Crippen LogP contribution >= 0.6 is 0 Å². The molecular weight excluding hydrogens is 449 g/mol. The number of fused-ring (bicyclic) bond motifs is 2. The molecule has 9 nitrogen and oxygen atoms in total. The zero-order chi connectivity index (χ0) is 24.8. The number of carbonyl (C=O) groups is 1. The Morgan fingerprint density at radius 1 is 1.29 bits per heavy atom. The number of anilines is 1. The zero-order valence-corrected chi connectivity index (χ0v) is 19.6. The number of amides is 2. The van der Waals surface area contributed by atoms with Crippen LogP contribution in [0.2, 0.25) is 0 Å². The molecule has 1 saturated heterocycles. The van der Waals surface area contributed by atoms with Gasteiger partial charge < -0.3 is 20.7 Å². The van der Waals surface area contributed by atoms with Crippen LogP contribution in [0, 0.1) is 17.1 Å². The molecule has 0 bridgehead atoms. The summed E-state index contributed by atoms with van der Waals surface area (Å²) in [5, 5.41) is 17.1. The molecule has 4 heterocycles. The number of nitrogens with one attached hydrogen (secondary N) is 1. The van der Waals surface area contributed by atoms with Gasteiger partial charge in [0.2, 0.25) is 0 Å². The Morgan fingerprint density at radius 3 is 2.80 bits per heavy atom. The van der Waals surface area contributed by atoms with Crippen LogP contribution in [0.3, 0.4) is 0 Å². The molecule has 35 heavy (non-hydrogen) atoms. The summed E-state index contributed by atoms with van der Waals surface area (Å²) in [7, 11) is 0. The van der Waals surface area contributed by atoms with E-state index in [2.05, 4.69) is 16.4 Å². The lowest BCUT2D eigenvalue weighted by molar-refractivity contribution is -0.0702. The van der Waals surface area contributed by atoms with Gasteiger partial charge in [0.25, 0.3) is 0 Å². The van der Waals surface area contributed by atoms with Crippen molar-refractivity contribution >= 4 is 11.8 Å². The first-order valence-corrected chi connectivity index (χ1v) is 11.4. The number of hydrogen-bond acceptors (Lipinski definition) is 6. The number of aromatic nitrogens is 3. The maximum Gasteiger partial charge on any atom is 0.318 e. The van der Waals surface area contributed by atoms with E-state index in [0.717, 1.165) is 11.3 Å². The molecule has 1 spiro atoms. The number of urea groups is 1. The van der Waals surface area contributed by atoms with Crippen molar-refractivity contribution in [2.45, 2.75) is 38.0 Å². The minimum atomic E-state index is -0.677. The number of nitrogens with two attached hydrogens (primary N) is 1. The molecule has 5 rings (SSSR count). The second-order valence-corrected chi connectivity index (χ2v) is 9.48. The Hall–Kier alpha value is -3.97. The van der Waals surface area contributed by atoms with E-state index in [1.54, 1.807) is 29.3 Å². The number of ether oxygens (including phenoxy) is 1. The van der Waals surface area contributed by atoms with E-state index < -0.39 is 11.1 Å². The monoisotopic (exact) mass is 475 g/mol. The number of nitrogen functional groups attached to an aromatic ring is 1. The lowest BCUT2D eigenvalue weighted by Crippen LogP contribution is -2.49. The first-order chi connectivity index (χ1) is 16.7. The predicted octanol–water partition coefficient (Wildman–Crippen LogP) is 3.11. The number of rotatable bonds is 3. The highest BCUT2D eigenvalue weighted by Gasteiger charge is 2.47. The fraction of sp³-hybridized carbons (Fsp3) is 0.360. The molecule has 1 aromatic carbocycles. The molecule has 1 unspecified atom stereocenters. The fourth-order valence-corrected chi connectivity index (χ4v) is 4.77. The molecule has 0 aliphatic carbocycles. The Morgan fingerprint density at radius 2 is 2.06 bits per heavy atom. The van der Waals surface area contributed by atoms with Crippen molar-refractivity contribution in [3.63, 3.8) is 0 Å². The van der Waals surface area contributed by atoms with E-state index in [1.807, 2.05) is 24.6 Å². The summed E-state index contributed by atoms with van der Waals surface area (Å²) in [4.78, 5) is 19.0. The lowest BCUT2D eigenvalue weighted by Gasteiger charge is -2.35. The number of likely N-dealkylation sites (tertiary alicyclic amines) is 1. The molecule has 2 aliphatic heterocycles. The Kier molecular flexibility index (Phi) is 5.44. The van der Waals surface area contributed by atoms with Gasteiger partial charge in [-0.1, -0.05) is 12.1 Å². The van der Waals surface area contributed by atoms with Crippen LogP contribution in [0.25, 0.3) is 11.3 Å². The molecular formula is C25H26FN7O2. The summed E-state index contributed by atoms with van der Waals surface area (Å²) in [5.74, 6) is -0.137. The van der Waals surface area contributed by atoms with Crippen LogP contribution in [0.5, 0.6) is 0 Å². The highest BCUT2D eigenvalue weighted by atomic mass is 19.1. The van der Waals surface area contributed by atoms with Gasteiger partial charge in [-0.05, 0) is 43.7 Å². The molecule has 2 amide bonds. The van der Waals surface area contributed by atoms with Gasteiger partial charge in [0.15, 0.2) is 0 Å². The van der Waals surface area contributed by atoms with E-state index in [9.17, 15) is 14.4 Å². The zero-order valence-electron chi connectivity index (χ0n) is 19.6. The Balaban J connectivity index is 1.37. The minimum Gasteiger partial charge on any atom is -0.383 e. The molecule has 3 aromatic rings. The third-order valence-electron chi connectivity index (χ3n) is 6.77. The molecule has 0 saturated carbocycles. The van der Waals surface area contributed by atoms with Crippen molar-refractivity contribution in [2.75, 3.05) is 25.4 Å². The third kappa shape index (κ3) is 4.08. The van der Waals surface area contributed by atoms with Gasteiger partial charge in [-0.25, -0.2) is 14.2 Å². The molecule has 2 aliphatic rings. The second-order valence-electron chi connectivity index (χ2n) is 9.48.